The zero-order valence-corrected chi connectivity index (χ0v) is 18.6. The molecule has 1 amide bonds. The van der Waals surface area contributed by atoms with Crippen molar-refractivity contribution in [1.29, 1.82) is 0 Å². The first kappa shape index (κ1) is 20.7. The van der Waals surface area contributed by atoms with Gasteiger partial charge in [-0.1, -0.05) is 13.8 Å². The minimum atomic E-state index is -0.474. The molecule has 2 aromatic heterocycles. The van der Waals surface area contributed by atoms with Crippen molar-refractivity contribution in [1.82, 2.24) is 24.5 Å². The highest BCUT2D eigenvalue weighted by Gasteiger charge is 2.28. The van der Waals surface area contributed by atoms with E-state index in [9.17, 15) is 4.79 Å². The normalized spacial score (nSPS) is 18.1. The molecule has 0 atom stereocenters. The number of nitrogens with zero attached hydrogens (tertiary/aromatic N) is 5. The van der Waals surface area contributed by atoms with Crippen LogP contribution in [-0.2, 0) is 4.74 Å². The number of nitrogens with one attached hydrogen (secondary N) is 2. The number of anilines is 2. The van der Waals surface area contributed by atoms with E-state index in [1.54, 1.807) is 9.42 Å². The van der Waals surface area contributed by atoms with Crippen LogP contribution >= 0.6 is 0 Å². The molecular formula is C21H33N7O2. The van der Waals surface area contributed by atoms with Crippen molar-refractivity contribution in [3.8, 4) is 0 Å². The number of hydrogen-bond acceptors (Lipinski definition) is 7. The Morgan fingerprint density at radius 1 is 1.10 bits per heavy atom. The predicted molar refractivity (Wildman–Crippen MR) is 116 cm³/mol. The van der Waals surface area contributed by atoms with Gasteiger partial charge in [-0.25, -0.2) is 4.79 Å². The summed E-state index contributed by atoms with van der Waals surface area (Å²) in [6.07, 6.45) is 5.62. The molecule has 0 bridgehead atoms. The highest BCUT2D eigenvalue weighted by Crippen LogP contribution is 2.27. The fourth-order valence-electron chi connectivity index (χ4n) is 3.59. The van der Waals surface area contributed by atoms with Gasteiger partial charge in [0.15, 0.2) is 5.65 Å². The molecule has 2 N–H and O–H groups in total. The molecule has 9 nitrogen and oxygen atoms in total. The Bertz CT molecular complexity index is 906. The third kappa shape index (κ3) is 4.76. The third-order valence-electron chi connectivity index (χ3n) is 5.41. The maximum atomic E-state index is 12.3. The van der Waals surface area contributed by atoms with E-state index in [0.717, 1.165) is 36.9 Å². The molecule has 0 aromatic carbocycles. The number of carbonyl (C=O) groups excluding carboxylic acids is 1. The number of likely N-dealkylation sites (tertiary alicyclic amines) is 1. The van der Waals surface area contributed by atoms with Crippen LogP contribution in [0.15, 0.2) is 6.20 Å². The Morgan fingerprint density at radius 2 is 1.77 bits per heavy atom. The van der Waals surface area contributed by atoms with Crippen LogP contribution in [0.3, 0.4) is 0 Å². The van der Waals surface area contributed by atoms with Crippen LogP contribution in [-0.4, -0.2) is 61.3 Å². The van der Waals surface area contributed by atoms with Crippen LogP contribution in [0.1, 0.15) is 71.8 Å². The molecule has 2 aromatic rings. The lowest BCUT2D eigenvalue weighted by Gasteiger charge is -2.33. The van der Waals surface area contributed by atoms with E-state index in [2.05, 4.69) is 29.6 Å². The number of piperidine rings is 1. The standard InChI is InChI=1S/C21H33N7O2/c1-13(2)16-12-22-28-17(16)25-18(23-14-6-7-14)26-19(28)24-15-8-10-27(11-9-15)20(29)30-21(3,4)5/h12-15H,6-11H2,1-5H3,(H2,23,24,25,26). The zero-order valence-electron chi connectivity index (χ0n) is 18.6. The van der Waals surface area contributed by atoms with Crippen molar-refractivity contribution in [3.63, 3.8) is 0 Å². The van der Waals surface area contributed by atoms with E-state index < -0.39 is 5.60 Å². The topological polar surface area (TPSA) is 96.7 Å². The average Bonchev–Trinajstić information content (AvgIpc) is 3.36. The number of amides is 1. The summed E-state index contributed by atoms with van der Waals surface area (Å²) >= 11 is 0. The van der Waals surface area contributed by atoms with Gasteiger partial charge in [0.1, 0.15) is 5.60 Å². The van der Waals surface area contributed by atoms with Gasteiger partial charge in [0.2, 0.25) is 11.9 Å². The molecule has 2 aliphatic rings. The lowest BCUT2D eigenvalue weighted by Crippen LogP contribution is -2.44. The number of hydrogen-bond donors (Lipinski definition) is 2. The average molecular weight is 416 g/mol. The maximum absolute atomic E-state index is 12.3. The van der Waals surface area contributed by atoms with Gasteiger partial charge in [-0.2, -0.15) is 19.6 Å². The maximum Gasteiger partial charge on any atom is 0.410 e. The SMILES string of the molecule is CC(C)c1cnn2c(NC3CCN(C(=O)OC(C)(C)C)CC3)nc(NC3CC3)nc12. The van der Waals surface area contributed by atoms with Crippen molar-refractivity contribution in [3.05, 3.63) is 11.8 Å². The highest BCUT2D eigenvalue weighted by atomic mass is 16.6. The fraction of sp³-hybridized carbons (Fsp3) is 0.714. The molecule has 9 heteroatoms. The van der Waals surface area contributed by atoms with Crippen LogP contribution in [0.5, 0.6) is 0 Å². The molecule has 164 valence electrons. The zero-order chi connectivity index (χ0) is 21.5. The van der Waals surface area contributed by atoms with Crippen LogP contribution in [0.2, 0.25) is 0 Å². The minimum absolute atomic E-state index is 0.210. The lowest BCUT2D eigenvalue weighted by atomic mass is 10.1. The molecule has 0 unspecified atom stereocenters. The van der Waals surface area contributed by atoms with Crippen molar-refractivity contribution < 1.29 is 9.53 Å². The molecule has 0 spiro atoms. The molecule has 4 rings (SSSR count). The lowest BCUT2D eigenvalue weighted by molar-refractivity contribution is 0.0210. The molecule has 3 heterocycles. The second-order valence-electron chi connectivity index (χ2n) is 9.67. The van der Waals surface area contributed by atoms with Gasteiger partial charge >= 0.3 is 6.09 Å². The quantitative estimate of drug-likeness (QED) is 0.769. The summed E-state index contributed by atoms with van der Waals surface area (Å²) in [5.74, 6) is 1.68. The van der Waals surface area contributed by atoms with E-state index in [4.69, 9.17) is 14.7 Å². The Labute approximate surface area is 177 Å². The van der Waals surface area contributed by atoms with Crippen molar-refractivity contribution in [2.45, 2.75) is 83.9 Å². The van der Waals surface area contributed by atoms with Gasteiger partial charge in [0.05, 0.1) is 6.20 Å². The summed E-state index contributed by atoms with van der Waals surface area (Å²) in [6.45, 7) is 11.3. The number of ether oxygens (including phenoxy) is 1. The number of fused-ring (bicyclic) bond motifs is 1. The first-order valence-corrected chi connectivity index (χ1v) is 11.0. The summed E-state index contributed by atoms with van der Waals surface area (Å²) in [6, 6.07) is 0.685. The minimum Gasteiger partial charge on any atom is -0.444 e. The number of aromatic nitrogens is 4. The summed E-state index contributed by atoms with van der Waals surface area (Å²) in [5, 5.41) is 11.5. The van der Waals surface area contributed by atoms with Gasteiger partial charge in [-0.05, 0) is 52.4 Å². The third-order valence-corrected chi connectivity index (χ3v) is 5.41. The second kappa shape index (κ2) is 7.92. The van der Waals surface area contributed by atoms with Gasteiger partial charge in [0.25, 0.3) is 0 Å². The predicted octanol–water partition coefficient (Wildman–Crippen LogP) is 3.63. The van der Waals surface area contributed by atoms with Gasteiger partial charge in [-0.3, -0.25) is 0 Å². The van der Waals surface area contributed by atoms with Crippen molar-refractivity contribution >= 4 is 23.6 Å². The Balaban J connectivity index is 1.48. The summed E-state index contributed by atoms with van der Waals surface area (Å²) < 4.78 is 7.29. The van der Waals surface area contributed by atoms with Crippen LogP contribution < -0.4 is 10.6 Å². The summed E-state index contributed by atoms with van der Waals surface area (Å²) in [4.78, 5) is 23.5. The molecule has 1 saturated carbocycles. The Hall–Kier alpha value is -2.58. The molecule has 1 aliphatic carbocycles. The Kier molecular flexibility index (Phi) is 5.46. The van der Waals surface area contributed by atoms with Gasteiger partial charge in [0, 0.05) is 30.7 Å². The Morgan fingerprint density at radius 3 is 2.37 bits per heavy atom. The van der Waals surface area contributed by atoms with E-state index in [1.807, 2.05) is 27.0 Å². The molecule has 1 saturated heterocycles. The van der Waals surface area contributed by atoms with Crippen molar-refractivity contribution in [2.24, 2.45) is 0 Å². The second-order valence-corrected chi connectivity index (χ2v) is 9.67. The molecule has 0 radical (unpaired) electrons. The van der Waals surface area contributed by atoms with E-state index >= 15 is 0 Å². The smallest absolute Gasteiger partial charge is 0.410 e. The highest BCUT2D eigenvalue weighted by molar-refractivity contribution is 5.68. The van der Waals surface area contributed by atoms with E-state index in [1.165, 1.54) is 0 Å². The van der Waals surface area contributed by atoms with Crippen LogP contribution in [0, 0.1) is 0 Å². The number of carbonyl (C=O) groups is 1. The first-order chi connectivity index (χ1) is 14.2. The molecule has 30 heavy (non-hydrogen) atoms. The first-order valence-electron chi connectivity index (χ1n) is 11.0. The number of rotatable bonds is 5. The summed E-state index contributed by atoms with van der Waals surface area (Å²) in [7, 11) is 0. The largest absolute Gasteiger partial charge is 0.444 e. The molecule has 2 fully saturated rings. The fourth-order valence-corrected chi connectivity index (χ4v) is 3.59. The van der Waals surface area contributed by atoms with Crippen molar-refractivity contribution in [2.75, 3.05) is 23.7 Å². The van der Waals surface area contributed by atoms with Gasteiger partial charge in [-0.15, -0.1) is 0 Å². The van der Waals surface area contributed by atoms with Gasteiger partial charge < -0.3 is 20.3 Å². The molecular weight excluding hydrogens is 382 g/mol. The van der Waals surface area contributed by atoms with E-state index in [-0.39, 0.29) is 12.1 Å². The van der Waals surface area contributed by atoms with E-state index in [0.29, 0.717) is 36.9 Å². The summed E-state index contributed by atoms with van der Waals surface area (Å²) in [5.41, 5.74) is 1.48. The monoisotopic (exact) mass is 415 g/mol. The van der Waals surface area contributed by atoms with Crippen LogP contribution in [0.4, 0.5) is 16.7 Å². The van der Waals surface area contributed by atoms with Crippen LogP contribution in [0.25, 0.3) is 5.65 Å². The molecule has 1 aliphatic heterocycles.